The summed E-state index contributed by atoms with van der Waals surface area (Å²) in [7, 11) is 4.82. The van der Waals surface area contributed by atoms with Crippen LogP contribution in [0.2, 0.25) is 0 Å². The number of hydrogen-bond donors (Lipinski definition) is 2. The van der Waals surface area contributed by atoms with Gasteiger partial charge in [0.1, 0.15) is 11.4 Å². The second-order valence-electron chi connectivity index (χ2n) is 11.6. The number of carbonyl (C=O) groups is 3. The Labute approximate surface area is 247 Å². The summed E-state index contributed by atoms with van der Waals surface area (Å²) in [5, 5.41) is 2.54. The highest BCUT2D eigenvalue weighted by molar-refractivity contribution is 5.77. The highest BCUT2D eigenvalue weighted by Crippen LogP contribution is 2.44. The maximum Gasteiger partial charge on any atom is 0.405 e. The van der Waals surface area contributed by atoms with Crippen LogP contribution in [0, 0.1) is 5.92 Å². The minimum Gasteiger partial charge on any atom is -0.493 e. The summed E-state index contributed by atoms with van der Waals surface area (Å²) in [6, 6.07) is 9.90. The van der Waals surface area contributed by atoms with Crippen molar-refractivity contribution in [3.8, 4) is 17.2 Å². The predicted octanol–water partition coefficient (Wildman–Crippen LogP) is 3.76. The third-order valence-electron chi connectivity index (χ3n) is 8.65. The summed E-state index contributed by atoms with van der Waals surface area (Å²) in [5.74, 6) is 2.15. The minimum absolute atomic E-state index is 0.0288. The quantitative estimate of drug-likeness (QED) is 0.391. The lowest BCUT2D eigenvalue weighted by Gasteiger charge is -2.39. The molecule has 0 saturated carbocycles. The molecule has 228 valence electrons. The van der Waals surface area contributed by atoms with Crippen molar-refractivity contribution in [3.63, 3.8) is 0 Å². The van der Waals surface area contributed by atoms with E-state index in [2.05, 4.69) is 5.32 Å². The van der Waals surface area contributed by atoms with Gasteiger partial charge in [-0.1, -0.05) is 6.07 Å². The Morgan fingerprint density at radius 3 is 2.21 bits per heavy atom. The summed E-state index contributed by atoms with van der Waals surface area (Å²) >= 11 is 0. The number of hydrogen-bond acceptors (Lipinski definition) is 7. The average Bonchev–Trinajstić information content (AvgIpc) is 3.16. The Balaban J connectivity index is 1.39. The molecule has 0 spiro atoms. The van der Waals surface area contributed by atoms with Crippen molar-refractivity contribution in [1.82, 2.24) is 10.2 Å². The van der Waals surface area contributed by atoms with Crippen molar-refractivity contribution >= 4 is 17.9 Å². The van der Waals surface area contributed by atoms with E-state index in [1.165, 1.54) is 22.3 Å². The normalized spacial score (nSPS) is 16.6. The monoisotopic (exact) mass is 581 g/mol. The molecule has 42 heavy (non-hydrogen) atoms. The van der Waals surface area contributed by atoms with E-state index in [1.54, 1.807) is 21.3 Å². The maximum atomic E-state index is 13.4. The van der Waals surface area contributed by atoms with Crippen LogP contribution in [0.1, 0.15) is 61.3 Å². The standard InChI is InChI=1S/C32H43N3O7/c1-32(2,42-31(33)38)24(15-22-14-23-16-25(7-8-26(22)23)41-19-29(36)34-3)6-9-30(37)35-12-10-20-17-27(39-4)28(40-5)18-21(20)11-13-35/h7-8,16-18,22,24H,6,9-15,19H2,1-5H3,(H2,33,38)(H,34,36). The Kier molecular flexibility index (Phi) is 9.85. The van der Waals surface area contributed by atoms with Crippen molar-refractivity contribution in [2.24, 2.45) is 11.7 Å². The maximum absolute atomic E-state index is 13.4. The van der Waals surface area contributed by atoms with Gasteiger partial charge in [0.05, 0.1) is 14.2 Å². The van der Waals surface area contributed by atoms with Crippen molar-refractivity contribution in [2.75, 3.05) is 41.0 Å². The second-order valence-corrected chi connectivity index (χ2v) is 11.6. The van der Waals surface area contributed by atoms with E-state index in [9.17, 15) is 14.4 Å². The topological polar surface area (TPSA) is 129 Å². The van der Waals surface area contributed by atoms with Crippen LogP contribution in [0.15, 0.2) is 30.3 Å². The van der Waals surface area contributed by atoms with Gasteiger partial charge in [-0.3, -0.25) is 9.59 Å². The summed E-state index contributed by atoms with van der Waals surface area (Å²) in [5.41, 5.74) is 9.32. The van der Waals surface area contributed by atoms with Crippen LogP contribution >= 0.6 is 0 Å². The smallest absolute Gasteiger partial charge is 0.405 e. The lowest BCUT2D eigenvalue weighted by Crippen LogP contribution is -2.41. The molecule has 4 rings (SSSR count). The number of nitrogens with two attached hydrogens (primary N) is 1. The van der Waals surface area contributed by atoms with E-state index in [-0.39, 0.29) is 30.3 Å². The van der Waals surface area contributed by atoms with E-state index < -0.39 is 11.7 Å². The van der Waals surface area contributed by atoms with E-state index in [0.29, 0.717) is 43.2 Å². The first kappa shape index (κ1) is 31.0. The number of carbonyl (C=O) groups excluding carboxylic acids is 3. The van der Waals surface area contributed by atoms with Crippen LogP contribution in [0.25, 0.3) is 0 Å². The molecular weight excluding hydrogens is 538 g/mol. The molecule has 0 bridgehead atoms. The van der Waals surface area contributed by atoms with Gasteiger partial charge in [0.25, 0.3) is 5.91 Å². The van der Waals surface area contributed by atoms with Gasteiger partial charge >= 0.3 is 6.09 Å². The second kappa shape index (κ2) is 13.4. The molecule has 3 amide bonds. The Bertz CT molecular complexity index is 1270. The number of nitrogens with one attached hydrogen (secondary N) is 1. The Morgan fingerprint density at radius 1 is 1.02 bits per heavy atom. The number of nitrogens with zero attached hydrogens (tertiary/aromatic N) is 1. The van der Waals surface area contributed by atoms with Crippen LogP contribution in [-0.2, 0) is 33.6 Å². The van der Waals surface area contributed by atoms with Gasteiger partial charge < -0.3 is 34.9 Å². The third kappa shape index (κ3) is 7.27. The number of rotatable bonds is 12. The van der Waals surface area contributed by atoms with Crippen molar-refractivity contribution < 1.29 is 33.3 Å². The lowest BCUT2D eigenvalue weighted by molar-refractivity contribution is -0.132. The van der Waals surface area contributed by atoms with Crippen molar-refractivity contribution in [1.29, 1.82) is 0 Å². The molecule has 2 aromatic rings. The van der Waals surface area contributed by atoms with Crippen LogP contribution in [0.3, 0.4) is 0 Å². The Morgan fingerprint density at radius 2 is 1.67 bits per heavy atom. The molecule has 2 aromatic carbocycles. The highest BCUT2D eigenvalue weighted by atomic mass is 16.6. The largest absolute Gasteiger partial charge is 0.493 e. The zero-order chi connectivity index (χ0) is 30.4. The average molecular weight is 582 g/mol. The van der Waals surface area contributed by atoms with Gasteiger partial charge in [0.2, 0.25) is 5.91 Å². The first-order valence-electron chi connectivity index (χ1n) is 14.5. The predicted molar refractivity (Wildman–Crippen MR) is 158 cm³/mol. The number of methoxy groups -OCH3 is 2. The van der Waals surface area contributed by atoms with Crippen LogP contribution in [0.5, 0.6) is 17.2 Å². The number of amides is 3. The SMILES string of the molecule is CNC(=O)COc1ccc2c(c1)CC2CC(CCC(=O)N1CCc2cc(OC)c(OC)cc2CC1)C(C)(C)OC(N)=O. The molecule has 1 aliphatic carbocycles. The zero-order valence-electron chi connectivity index (χ0n) is 25.3. The number of benzene rings is 2. The molecule has 0 saturated heterocycles. The van der Waals surface area contributed by atoms with Crippen LogP contribution in [0.4, 0.5) is 4.79 Å². The molecular formula is C32H43N3O7. The summed E-state index contributed by atoms with van der Waals surface area (Å²) < 4.78 is 22.1. The molecule has 1 aliphatic heterocycles. The third-order valence-corrected chi connectivity index (χ3v) is 8.65. The fraction of sp³-hybridized carbons (Fsp3) is 0.531. The lowest BCUT2D eigenvalue weighted by atomic mass is 9.69. The number of ether oxygens (including phenoxy) is 4. The molecule has 2 unspecified atom stereocenters. The first-order valence-corrected chi connectivity index (χ1v) is 14.5. The molecule has 10 nitrogen and oxygen atoms in total. The minimum atomic E-state index is -0.833. The molecule has 10 heteroatoms. The number of likely N-dealkylation sites (N-methyl/N-ethyl adjacent to an activating group) is 1. The Hall–Kier alpha value is -3.95. The number of fused-ring (bicyclic) bond motifs is 2. The molecule has 3 N–H and O–H groups in total. The van der Waals surface area contributed by atoms with Gasteiger partial charge in [-0.2, -0.15) is 0 Å². The molecule has 2 aliphatic rings. The first-order chi connectivity index (χ1) is 20.0. The van der Waals surface area contributed by atoms with Gasteiger partial charge in [-0.15, -0.1) is 0 Å². The molecule has 1 heterocycles. The summed E-state index contributed by atoms with van der Waals surface area (Å²) in [4.78, 5) is 38.6. The summed E-state index contributed by atoms with van der Waals surface area (Å²) in [6.07, 6.45) is 3.20. The van der Waals surface area contributed by atoms with Crippen LogP contribution < -0.4 is 25.3 Å². The zero-order valence-corrected chi connectivity index (χ0v) is 25.3. The van der Waals surface area contributed by atoms with Gasteiger partial charge in [0, 0.05) is 26.6 Å². The van der Waals surface area contributed by atoms with Crippen molar-refractivity contribution in [2.45, 2.75) is 63.9 Å². The molecule has 0 radical (unpaired) electrons. The van der Waals surface area contributed by atoms with Crippen molar-refractivity contribution in [3.05, 3.63) is 52.6 Å². The van der Waals surface area contributed by atoms with E-state index >= 15 is 0 Å². The molecule has 0 aromatic heterocycles. The summed E-state index contributed by atoms with van der Waals surface area (Å²) in [6.45, 7) is 4.97. The molecule has 2 atom stereocenters. The van der Waals surface area contributed by atoms with Crippen LogP contribution in [-0.4, -0.2) is 69.4 Å². The van der Waals surface area contributed by atoms with E-state index in [1.807, 2.05) is 49.1 Å². The van der Waals surface area contributed by atoms with Gasteiger partial charge in [-0.25, -0.2) is 4.79 Å². The van der Waals surface area contributed by atoms with Gasteiger partial charge in [-0.05, 0) is 104 Å². The number of primary amides is 1. The highest BCUT2D eigenvalue weighted by Gasteiger charge is 2.38. The van der Waals surface area contributed by atoms with Gasteiger partial charge in [0.15, 0.2) is 18.1 Å². The van der Waals surface area contributed by atoms with E-state index in [4.69, 9.17) is 24.7 Å². The fourth-order valence-corrected chi connectivity index (χ4v) is 6.11. The fourth-order valence-electron chi connectivity index (χ4n) is 6.11. The molecule has 0 fully saturated rings. The van der Waals surface area contributed by atoms with E-state index in [0.717, 1.165) is 25.7 Å².